The molecule has 0 aromatic rings. The zero-order chi connectivity index (χ0) is 6.53. The number of rotatable bonds is 2. The van der Waals surface area contributed by atoms with Gasteiger partial charge in [-0.05, 0) is 12.8 Å². The van der Waals surface area contributed by atoms with E-state index in [1.54, 1.807) is 0 Å². The van der Waals surface area contributed by atoms with E-state index in [4.69, 9.17) is 0 Å². The van der Waals surface area contributed by atoms with Crippen LogP contribution in [0, 0.1) is 0 Å². The second-order valence-electron chi connectivity index (χ2n) is 2.70. The van der Waals surface area contributed by atoms with Crippen molar-refractivity contribution in [3.63, 3.8) is 0 Å². The van der Waals surface area contributed by atoms with Crippen molar-refractivity contribution in [1.29, 1.82) is 0 Å². The summed E-state index contributed by atoms with van der Waals surface area (Å²) in [4.78, 5) is 0. The highest BCUT2D eigenvalue weighted by molar-refractivity contribution is 7.80. The van der Waals surface area contributed by atoms with Crippen molar-refractivity contribution in [3.05, 3.63) is 0 Å². The summed E-state index contributed by atoms with van der Waals surface area (Å²) in [6, 6.07) is 0.774. The van der Waals surface area contributed by atoms with Crippen LogP contribution in [0.2, 0.25) is 0 Å². The highest BCUT2D eigenvalue weighted by Gasteiger charge is 2.10. The van der Waals surface area contributed by atoms with Crippen LogP contribution in [0.4, 0.5) is 0 Å². The molecule has 0 radical (unpaired) electrons. The van der Waals surface area contributed by atoms with Crippen molar-refractivity contribution in [2.75, 3.05) is 5.88 Å². The molecule has 9 heavy (non-hydrogen) atoms. The molecule has 1 aliphatic rings. The van der Waals surface area contributed by atoms with Crippen molar-refractivity contribution in [1.82, 2.24) is 5.32 Å². The van der Waals surface area contributed by atoms with Gasteiger partial charge < -0.3 is 5.32 Å². The first-order valence-corrected chi connectivity index (χ1v) is 4.41. The van der Waals surface area contributed by atoms with Crippen LogP contribution in [0.1, 0.15) is 32.1 Å². The van der Waals surface area contributed by atoms with Crippen molar-refractivity contribution in [2.45, 2.75) is 38.1 Å². The summed E-state index contributed by atoms with van der Waals surface area (Å²) in [6.07, 6.45) is 6.97. The number of hydrogen-bond donors (Lipinski definition) is 2. The third-order valence-corrected chi connectivity index (χ3v) is 2.17. The summed E-state index contributed by atoms with van der Waals surface area (Å²) in [5, 5.41) is 3.35. The molecule has 1 fully saturated rings. The lowest BCUT2D eigenvalue weighted by molar-refractivity contribution is 0.391. The fourth-order valence-electron chi connectivity index (χ4n) is 1.44. The minimum atomic E-state index is 0.774. The Labute approximate surface area is 62.6 Å². The monoisotopic (exact) mass is 145 g/mol. The topological polar surface area (TPSA) is 12.0 Å². The zero-order valence-electron chi connectivity index (χ0n) is 5.77. The lowest BCUT2D eigenvalue weighted by Gasteiger charge is -2.21. The zero-order valence-corrected chi connectivity index (χ0v) is 6.66. The quantitative estimate of drug-likeness (QED) is 0.446. The lowest BCUT2D eigenvalue weighted by Crippen LogP contribution is -2.29. The summed E-state index contributed by atoms with van der Waals surface area (Å²) in [7, 11) is 0. The minimum Gasteiger partial charge on any atom is -0.305 e. The average Bonchev–Trinajstić information content (AvgIpc) is 1.91. The maximum Gasteiger partial charge on any atom is 0.0389 e. The molecule has 0 unspecified atom stereocenters. The fraction of sp³-hybridized carbons (Fsp3) is 1.00. The SMILES string of the molecule is SCNC1CCCCC1. The Kier molecular flexibility index (Phi) is 3.44. The first kappa shape index (κ1) is 7.42. The van der Waals surface area contributed by atoms with E-state index in [9.17, 15) is 0 Å². The largest absolute Gasteiger partial charge is 0.305 e. The van der Waals surface area contributed by atoms with E-state index in [1.807, 2.05) is 0 Å². The number of nitrogens with one attached hydrogen (secondary N) is 1. The van der Waals surface area contributed by atoms with Crippen LogP contribution in [0.25, 0.3) is 0 Å². The van der Waals surface area contributed by atoms with Crippen LogP contribution in [0.5, 0.6) is 0 Å². The Morgan fingerprint density at radius 1 is 1.22 bits per heavy atom. The minimum absolute atomic E-state index is 0.774. The molecule has 0 amide bonds. The molecule has 1 N–H and O–H groups in total. The average molecular weight is 145 g/mol. The van der Waals surface area contributed by atoms with Crippen molar-refractivity contribution < 1.29 is 0 Å². The van der Waals surface area contributed by atoms with Gasteiger partial charge in [0, 0.05) is 11.9 Å². The van der Waals surface area contributed by atoms with Crippen LogP contribution < -0.4 is 5.32 Å². The summed E-state index contributed by atoms with van der Waals surface area (Å²) < 4.78 is 0. The van der Waals surface area contributed by atoms with Gasteiger partial charge in [-0.25, -0.2) is 0 Å². The normalized spacial score (nSPS) is 22.3. The van der Waals surface area contributed by atoms with Crippen LogP contribution >= 0.6 is 12.6 Å². The van der Waals surface area contributed by atoms with Gasteiger partial charge in [-0.2, -0.15) is 12.6 Å². The van der Waals surface area contributed by atoms with Gasteiger partial charge in [0.1, 0.15) is 0 Å². The standard InChI is InChI=1S/C7H15NS/c9-6-8-7-4-2-1-3-5-7/h7-9H,1-6H2. The maximum absolute atomic E-state index is 4.12. The first-order chi connectivity index (χ1) is 4.43. The van der Waals surface area contributed by atoms with Crippen molar-refractivity contribution in [2.24, 2.45) is 0 Å². The molecule has 0 heterocycles. The molecule has 0 atom stereocenters. The molecule has 1 saturated carbocycles. The van der Waals surface area contributed by atoms with Crippen LogP contribution in [0.3, 0.4) is 0 Å². The second-order valence-corrected chi connectivity index (χ2v) is 3.01. The first-order valence-electron chi connectivity index (χ1n) is 3.77. The summed E-state index contributed by atoms with van der Waals surface area (Å²) >= 11 is 4.12. The van der Waals surface area contributed by atoms with E-state index in [2.05, 4.69) is 17.9 Å². The van der Waals surface area contributed by atoms with Crippen LogP contribution in [-0.2, 0) is 0 Å². The Morgan fingerprint density at radius 3 is 2.44 bits per heavy atom. The van der Waals surface area contributed by atoms with E-state index >= 15 is 0 Å². The molecule has 0 spiro atoms. The van der Waals surface area contributed by atoms with Gasteiger partial charge >= 0.3 is 0 Å². The molecular weight excluding hydrogens is 130 g/mol. The molecule has 0 aromatic carbocycles. The second kappa shape index (κ2) is 4.18. The third kappa shape index (κ3) is 2.59. The van der Waals surface area contributed by atoms with E-state index < -0.39 is 0 Å². The van der Waals surface area contributed by atoms with Crippen molar-refractivity contribution >= 4 is 12.6 Å². The van der Waals surface area contributed by atoms with Gasteiger partial charge in [0.25, 0.3) is 0 Å². The molecule has 1 rings (SSSR count). The Bertz CT molecular complexity index is 66.6. The third-order valence-electron chi connectivity index (χ3n) is 1.99. The highest BCUT2D eigenvalue weighted by atomic mass is 32.1. The van der Waals surface area contributed by atoms with E-state index in [1.165, 1.54) is 32.1 Å². The molecule has 2 heteroatoms. The van der Waals surface area contributed by atoms with E-state index in [0.717, 1.165) is 11.9 Å². The lowest BCUT2D eigenvalue weighted by atomic mass is 9.96. The molecule has 0 saturated heterocycles. The predicted molar refractivity (Wildman–Crippen MR) is 43.9 cm³/mol. The van der Waals surface area contributed by atoms with E-state index in [0.29, 0.717) is 0 Å². The highest BCUT2D eigenvalue weighted by Crippen LogP contribution is 2.16. The van der Waals surface area contributed by atoms with Crippen LogP contribution in [-0.4, -0.2) is 11.9 Å². The molecule has 1 aliphatic carbocycles. The predicted octanol–water partition coefficient (Wildman–Crippen LogP) is 1.80. The molecule has 54 valence electrons. The van der Waals surface area contributed by atoms with Gasteiger partial charge in [-0.1, -0.05) is 19.3 Å². The van der Waals surface area contributed by atoms with E-state index in [-0.39, 0.29) is 0 Å². The molecular formula is C7H15NS. The Hall–Kier alpha value is 0.310. The molecule has 0 bridgehead atoms. The number of thiol groups is 1. The van der Waals surface area contributed by atoms with Gasteiger partial charge in [-0.3, -0.25) is 0 Å². The van der Waals surface area contributed by atoms with Gasteiger partial charge in [-0.15, -0.1) is 0 Å². The smallest absolute Gasteiger partial charge is 0.0389 e. The molecule has 1 nitrogen and oxygen atoms in total. The van der Waals surface area contributed by atoms with Gasteiger partial charge in [0.05, 0.1) is 0 Å². The summed E-state index contributed by atoms with van der Waals surface area (Å²) in [5.41, 5.74) is 0. The Balaban J connectivity index is 2.08. The van der Waals surface area contributed by atoms with Crippen LogP contribution in [0.15, 0.2) is 0 Å². The molecule has 0 aromatic heterocycles. The number of hydrogen-bond acceptors (Lipinski definition) is 2. The van der Waals surface area contributed by atoms with Gasteiger partial charge in [0.2, 0.25) is 0 Å². The maximum atomic E-state index is 4.12. The summed E-state index contributed by atoms with van der Waals surface area (Å²) in [5.74, 6) is 0.838. The fourth-order valence-corrected chi connectivity index (χ4v) is 1.69. The molecule has 0 aliphatic heterocycles. The van der Waals surface area contributed by atoms with Crippen molar-refractivity contribution in [3.8, 4) is 0 Å². The van der Waals surface area contributed by atoms with Gasteiger partial charge in [0.15, 0.2) is 0 Å². The summed E-state index contributed by atoms with van der Waals surface area (Å²) in [6.45, 7) is 0. The Morgan fingerprint density at radius 2 is 1.89 bits per heavy atom.